The molecule has 0 spiro atoms. The fraction of sp³-hybridized carbons (Fsp3) is 0.158. The standard InChI is InChI=1S/C19H17N5O3S/c1-24-15(12-6-8-13(26-2)9-7-12)10-20-19(24)21-17(25)11-27-16-5-3-4-14-18(16)23-28-22-14/h3-10H,11H2,1-2H3,(H,20,21,25). The molecule has 142 valence electrons. The Hall–Kier alpha value is -3.46. The van der Waals surface area contributed by atoms with Crippen molar-refractivity contribution >= 4 is 34.6 Å². The molecule has 8 nitrogen and oxygen atoms in total. The zero-order valence-electron chi connectivity index (χ0n) is 15.2. The van der Waals surface area contributed by atoms with E-state index in [4.69, 9.17) is 9.47 Å². The highest BCUT2D eigenvalue weighted by atomic mass is 32.1. The number of methoxy groups -OCH3 is 1. The molecular weight excluding hydrogens is 378 g/mol. The van der Waals surface area contributed by atoms with E-state index in [-0.39, 0.29) is 12.5 Å². The van der Waals surface area contributed by atoms with Crippen molar-refractivity contribution in [3.63, 3.8) is 0 Å². The number of imidazole rings is 1. The van der Waals surface area contributed by atoms with Crippen LogP contribution < -0.4 is 14.8 Å². The van der Waals surface area contributed by atoms with Gasteiger partial charge < -0.3 is 14.0 Å². The minimum absolute atomic E-state index is 0.151. The van der Waals surface area contributed by atoms with Crippen molar-refractivity contribution in [2.45, 2.75) is 0 Å². The molecule has 4 rings (SSSR count). The summed E-state index contributed by atoms with van der Waals surface area (Å²) in [5.74, 6) is 1.44. The highest BCUT2D eigenvalue weighted by molar-refractivity contribution is 7.00. The van der Waals surface area contributed by atoms with Crippen molar-refractivity contribution in [2.75, 3.05) is 19.0 Å². The summed E-state index contributed by atoms with van der Waals surface area (Å²) in [5, 5.41) is 2.76. The average molecular weight is 395 g/mol. The van der Waals surface area contributed by atoms with Crippen LogP contribution in [0.25, 0.3) is 22.3 Å². The Bertz CT molecular complexity index is 1120. The van der Waals surface area contributed by atoms with Gasteiger partial charge in [0.25, 0.3) is 5.91 Å². The molecule has 0 atom stereocenters. The predicted molar refractivity (Wildman–Crippen MR) is 107 cm³/mol. The van der Waals surface area contributed by atoms with Crippen LogP contribution in [0.4, 0.5) is 5.95 Å². The molecule has 1 N–H and O–H groups in total. The topological polar surface area (TPSA) is 91.2 Å². The Balaban J connectivity index is 1.43. The highest BCUT2D eigenvalue weighted by Crippen LogP contribution is 2.25. The van der Waals surface area contributed by atoms with Gasteiger partial charge >= 0.3 is 0 Å². The van der Waals surface area contributed by atoms with Crippen LogP contribution in [0.2, 0.25) is 0 Å². The van der Waals surface area contributed by atoms with Crippen LogP contribution in [0.1, 0.15) is 0 Å². The number of aromatic nitrogens is 4. The zero-order chi connectivity index (χ0) is 19.5. The van der Waals surface area contributed by atoms with Crippen LogP contribution in [0.5, 0.6) is 11.5 Å². The number of nitrogens with one attached hydrogen (secondary N) is 1. The third-order valence-electron chi connectivity index (χ3n) is 4.23. The van der Waals surface area contributed by atoms with Crippen molar-refractivity contribution in [1.82, 2.24) is 18.3 Å². The van der Waals surface area contributed by atoms with Crippen LogP contribution in [0.15, 0.2) is 48.7 Å². The van der Waals surface area contributed by atoms with E-state index in [0.717, 1.165) is 34.3 Å². The number of benzene rings is 2. The molecule has 2 heterocycles. The van der Waals surface area contributed by atoms with Gasteiger partial charge in [0.15, 0.2) is 6.61 Å². The molecule has 0 saturated heterocycles. The van der Waals surface area contributed by atoms with Gasteiger partial charge in [0.1, 0.15) is 22.5 Å². The second kappa shape index (κ2) is 7.65. The summed E-state index contributed by atoms with van der Waals surface area (Å²) >= 11 is 1.11. The van der Waals surface area contributed by atoms with Gasteiger partial charge in [-0.25, -0.2) is 4.98 Å². The van der Waals surface area contributed by atoms with Gasteiger partial charge in [-0.3, -0.25) is 10.1 Å². The fourth-order valence-electron chi connectivity index (χ4n) is 2.76. The van der Waals surface area contributed by atoms with Crippen molar-refractivity contribution in [2.24, 2.45) is 7.05 Å². The number of rotatable bonds is 6. The number of fused-ring (bicyclic) bond motifs is 1. The van der Waals surface area contributed by atoms with Crippen molar-refractivity contribution in [3.05, 3.63) is 48.7 Å². The first-order chi connectivity index (χ1) is 13.7. The maximum absolute atomic E-state index is 12.3. The number of hydrogen-bond acceptors (Lipinski definition) is 7. The van der Waals surface area contributed by atoms with E-state index in [1.165, 1.54) is 0 Å². The summed E-state index contributed by atoms with van der Waals surface area (Å²) in [6.45, 7) is -0.151. The lowest BCUT2D eigenvalue weighted by Crippen LogP contribution is -2.22. The molecule has 0 bridgehead atoms. The number of anilines is 1. The lowest BCUT2D eigenvalue weighted by Gasteiger charge is -2.09. The summed E-state index contributed by atoms with van der Waals surface area (Å²) in [6, 6.07) is 13.1. The summed E-state index contributed by atoms with van der Waals surface area (Å²) in [6.07, 6.45) is 1.71. The minimum Gasteiger partial charge on any atom is -0.497 e. The monoisotopic (exact) mass is 395 g/mol. The van der Waals surface area contributed by atoms with E-state index in [2.05, 4.69) is 19.0 Å². The molecule has 0 unspecified atom stereocenters. The van der Waals surface area contributed by atoms with E-state index in [1.807, 2.05) is 48.0 Å². The number of ether oxygens (including phenoxy) is 2. The van der Waals surface area contributed by atoms with E-state index < -0.39 is 0 Å². The quantitative estimate of drug-likeness (QED) is 0.539. The Morgan fingerprint density at radius 1 is 1.18 bits per heavy atom. The van der Waals surface area contributed by atoms with Crippen molar-refractivity contribution in [3.8, 4) is 22.8 Å². The molecule has 0 aliphatic heterocycles. The third kappa shape index (κ3) is 3.52. The second-order valence-corrected chi connectivity index (χ2v) is 6.51. The van der Waals surface area contributed by atoms with Gasteiger partial charge in [-0.15, -0.1) is 0 Å². The Morgan fingerprint density at radius 2 is 2.00 bits per heavy atom. The third-order valence-corrected chi connectivity index (χ3v) is 4.78. The zero-order valence-corrected chi connectivity index (χ0v) is 16.1. The molecule has 2 aromatic heterocycles. The van der Waals surface area contributed by atoms with Crippen molar-refractivity contribution in [1.29, 1.82) is 0 Å². The summed E-state index contributed by atoms with van der Waals surface area (Å²) in [7, 11) is 3.46. The molecule has 0 aliphatic rings. The largest absolute Gasteiger partial charge is 0.497 e. The SMILES string of the molecule is COc1ccc(-c2cnc(NC(=O)COc3cccc4nsnc34)n2C)cc1. The van der Waals surface area contributed by atoms with Crippen LogP contribution >= 0.6 is 11.7 Å². The van der Waals surface area contributed by atoms with Gasteiger partial charge in [0, 0.05) is 12.6 Å². The van der Waals surface area contributed by atoms with Gasteiger partial charge in [0.05, 0.1) is 30.7 Å². The first-order valence-corrected chi connectivity index (χ1v) is 9.19. The number of hydrogen-bond donors (Lipinski definition) is 1. The van der Waals surface area contributed by atoms with Crippen LogP contribution in [-0.4, -0.2) is 37.9 Å². The molecule has 28 heavy (non-hydrogen) atoms. The van der Waals surface area contributed by atoms with E-state index in [1.54, 1.807) is 19.4 Å². The average Bonchev–Trinajstić information content (AvgIpc) is 3.34. The van der Waals surface area contributed by atoms with Gasteiger partial charge in [-0.1, -0.05) is 6.07 Å². The molecule has 4 aromatic rings. The maximum atomic E-state index is 12.3. The minimum atomic E-state index is -0.310. The van der Waals surface area contributed by atoms with E-state index in [0.29, 0.717) is 17.2 Å². The van der Waals surface area contributed by atoms with Gasteiger partial charge in [-0.2, -0.15) is 8.75 Å². The fourth-order valence-corrected chi connectivity index (χ4v) is 3.30. The summed E-state index contributed by atoms with van der Waals surface area (Å²) in [4.78, 5) is 16.6. The lowest BCUT2D eigenvalue weighted by molar-refractivity contribution is -0.118. The van der Waals surface area contributed by atoms with Crippen molar-refractivity contribution < 1.29 is 14.3 Å². The van der Waals surface area contributed by atoms with E-state index in [9.17, 15) is 4.79 Å². The van der Waals surface area contributed by atoms with Gasteiger partial charge in [0.2, 0.25) is 5.95 Å². The smallest absolute Gasteiger partial charge is 0.264 e. The predicted octanol–water partition coefficient (Wildman–Crippen LogP) is 3.12. The Morgan fingerprint density at radius 3 is 2.79 bits per heavy atom. The maximum Gasteiger partial charge on any atom is 0.264 e. The molecule has 1 amide bonds. The first-order valence-electron chi connectivity index (χ1n) is 8.46. The van der Waals surface area contributed by atoms with E-state index >= 15 is 0 Å². The summed E-state index contributed by atoms with van der Waals surface area (Å²) in [5.41, 5.74) is 3.24. The number of amides is 1. The molecular formula is C19H17N5O3S. The first kappa shape index (κ1) is 17.9. The highest BCUT2D eigenvalue weighted by Gasteiger charge is 2.13. The number of carbonyl (C=O) groups is 1. The number of carbonyl (C=O) groups excluding carboxylic acids is 1. The second-order valence-electron chi connectivity index (χ2n) is 5.98. The lowest BCUT2D eigenvalue weighted by atomic mass is 10.1. The normalized spacial score (nSPS) is 10.8. The molecule has 0 radical (unpaired) electrons. The number of nitrogens with zero attached hydrogens (tertiary/aromatic N) is 4. The Kier molecular flexibility index (Phi) is 4.90. The van der Waals surface area contributed by atoms with Crippen LogP contribution in [-0.2, 0) is 11.8 Å². The molecule has 9 heteroatoms. The molecule has 0 saturated carbocycles. The Labute approximate surface area is 165 Å². The van der Waals surface area contributed by atoms with Gasteiger partial charge in [-0.05, 0) is 36.4 Å². The molecule has 0 aliphatic carbocycles. The molecule has 2 aromatic carbocycles. The molecule has 0 fully saturated rings. The summed E-state index contributed by atoms with van der Waals surface area (Å²) < 4.78 is 20.9. The van der Waals surface area contributed by atoms with Crippen LogP contribution in [0.3, 0.4) is 0 Å². The van der Waals surface area contributed by atoms with Crippen LogP contribution in [0, 0.1) is 0 Å².